The molecule has 0 saturated heterocycles. The molecule has 0 radical (unpaired) electrons. The fraction of sp³-hybridized carbons (Fsp3) is 0.154. The van der Waals surface area contributed by atoms with Gasteiger partial charge in [-0.3, -0.25) is 4.79 Å². The first kappa shape index (κ1) is 15.2. The highest BCUT2D eigenvalue weighted by molar-refractivity contribution is 9.11. The summed E-state index contributed by atoms with van der Waals surface area (Å²) in [6, 6.07) is 5.25. The number of Topliss-reactive ketones (excluding diaryl/α,β-unsaturated/α-hetero) is 1. The molecule has 0 fully saturated rings. The van der Waals surface area contributed by atoms with Crippen LogP contribution in [0.1, 0.15) is 20.8 Å². The molecule has 0 aliphatic heterocycles. The summed E-state index contributed by atoms with van der Waals surface area (Å²) in [7, 11) is 0. The van der Waals surface area contributed by atoms with E-state index in [0.29, 0.717) is 23.1 Å². The zero-order chi connectivity index (χ0) is 14.9. The summed E-state index contributed by atoms with van der Waals surface area (Å²) in [5.41, 5.74) is -1.75. The first-order chi connectivity index (χ1) is 9.27. The molecule has 2 rings (SSSR count). The summed E-state index contributed by atoms with van der Waals surface area (Å²) in [6.45, 7) is 0. The highest BCUT2D eigenvalue weighted by atomic mass is 79.9. The van der Waals surface area contributed by atoms with E-state index in [2.05, 4.69) is 15.9 Å². The number of hydrogen-bond donors (Lipinski definition) is 0. The van der Waals surface area contributed by atoms with Gasteiger partial charge < -0.3 is 0 Å². The van der Waals surface area contributed by atoms with Crippen molar-refractivity contribution in [2.24, 2.45) is 0 Å². The van der Waals surface area contributed by atoms with Gasteiger partial charge in [0.15, 0.2) is 5.78 Å². The first-order valence-electron chi connectivity index (χ1n) is 5.41. The number of ketones is 1. The Morgan fingerprint density at radius 3 is 2.45 bits per heavy atom. The lowest BCUT2D eigenvalue weighted by molar-refractivity contribution is -0.137. The van der Waals surface area contributed by atoms with Crippen LogP contribution in [0.25, 0.3) is 0 Å². The Labute approximate surface area is 124 Å². The molecule has 0 atom stereocenters. The van der Waals surface area contributed by atoms with E-state index in [4.69, 9.17) is 0 Å². The quantitative estimate of drug-likeness (QED) is 0.545. The van der Waals surface area contributed by atoms with Crippen LogP contribution in [0.2, 0.25) is 0 Å². The molecule has 0 saturated carbocycles. The molecule has 1 aromatic heterocycles. The second kappa shape index (κ2) is 5.65. The molecule has 2 aromatic rings. The first-order valence-corrected chi connectivity index (χ1v) is 7.02. The van der Waals surface area contributed by atoms with Gasteiger partial charge in [0.05, 0.1) is 9.35 Å². The molecule has 20 heavy (non-hydrogen) atoms. The lowest BCUT2D eigenvalue weighted by Crippen LogP contribution is -2.14. The molecule has 1 heterocycles. The van der Waals surface area contributed by atoms with Gasteiger partial charge >= 0.3 is 6.18 Å². The van der Waals surface area contributed by atoms with E-state index in [1.54, 1.807) is 12.1 Å². The maximum absolute atomic E-state index is 13.1. The summed E-state index contributed by atoms with van der Waals surface area (Å²) < 4.78 is 52.3. The van der Waals surface area contributed by atoms with E-state index in [1.165, 1.54) is 11.3 Å². The second-order valence-electron chi connectivity index (χ2n) is 3.99. The molecule has 0 N–H and O–H groups in total. The average molecular weight is 367 g/mol. The molecule has 0 unspecified atom stereocenters. The second-order valence-corrected chi connectivity index (χ2v) is 6.54. The highest BCUT2D eigenvalue weighted by Gasteiger charge is 2.35. The number of carbonyl (C=O) groups excluding carboxylic acids is 1. The van der Waals surface area contributed by atoms with E-state index in [-0.39, 0.29) is 6.42 Å². The largest absolute Gasteiger partial charge is 0.417 e. The fourth-order valence-electron chi connectivity index (χ4n) is 1.69. The Morgan fingerprint density at radius 2 is 1.90 bits per heavy atom. The third kappa shape index (κ3) is 3.46. The Hall–Kier alpha value is -1.21. The molecule has 0 spiro atoms. The van der Waals surface area contributed by atoms with Gasteiger partial charge in [-0.15, -0.1) is 11.3 Å². The number of benzene rings is 1. The van der Waals surface area contributed by atoms with Crippen LogP contribution in [0.5, 0.6) is 0 Å². The number of rotatable bonds is 3. The molecule has 0 bridgehead atoms. The van der Waals surface area contributed by atoms with E-state index in [0.717, 1.165) is 3.79 Å². The van der Waals surface area contributed by atoms with Crippen molar-refractivity contribution in [3.63, 3.8) is 0 Å². The van der Waals surface area contributed by atoms with Crippen LogP contribution in [0, 0.1) is 5.82 Å². The Morgan fingerprint density at radius 1 is 1.20 bits per heavy atom. The molecule has 0 amide bonds. The van der Waals surface area contributed by atoms with Crippen molar-refractivity contribution in [2.75, 3.05) is 0 Å². The molecular weight excluding hydrogens is 360 g/mol. The number of hydrogen-bond acceptors (Lipinski definition) is 2. The number of alkyl halides is 3. The van der Waals surface area contributed by atoms with Crippen LogP contribution in [0.15, 0.2) is 34.1 Å². The number of thiophene rings is 1. The van der Waals surface area contributed by atoms with E-state index < -0.39 is 28.9 Å². The van der Waals surface area contributed by atoms with Gasteiger partial charge in [0, 0.05) is 16.9 Å². The summed E-state index contributed by atoms with van der Waals surface area (Å²) in [6.07, 6.45) is -4.88. The molecule has 7 heteroatoms. The summed E-state index contributed by atoms with van der Waals surface area (Å²) >= 11 is 4.45. The summed E-state index contributed by atoms with van der Waals surface area (Å²) in [5.74, 6) is -1.63. The number of halogens is 5. The van der Waals surface area contributed by atoms with Crippen LogP contribution in [0.4, 0.5) is 17.6 Å². The zero-order valence-electron chi connectivity index (χ0n) is 9.80. The van der Waals surface area contributed by atoms with Crippen molar-refractivity contribution in [2.45, 2.75) is 12.6 Å². The van der Waals surface area contributed by atoms with E-state index in [1.807, 2.05) is 0 Å². The topological polar surface area (TPSA) is 17.1 Å². The molecule has 0 aliphatic carbocycles. The maximum atomic E-state index is 13.1. The zero-order valence-corrected chi connectivity index (χ0v) is 12.2. The predicted octanol–water partition coefficient (Wildman–Crippen LogP) is 5.09. The predicted molar refractivity (Wildman–Crippen MR) is 71.5 cm³/mol. The van der Waals surface area contributed by atoms with E-state index in [9.17, 15) is 22.4 Å². The normalized spacial score (nSPS) is 11.7. The van der Waals surface area contributed by atoms with Crippen molar-refractivity contribution in [3.05, 3.63) is 55.9 Å². The van der Waals surface area contributed by atoms with Crippen LogP contribution in [-0.4, -0.2) is 5.78 Å². The molecule has 1 aromatic carbocycles. The standard InChI is InChI=1S/C13H7BrF4OS/c14-12-4-2-8(20-12)6-11(19)9-5-7(15)1-3-10(9)13(16,17)18/h1-5H,6H2. The Balaban J connectivity index is 2.36. The molecule has 0 aliphatic rings. The van der Waals surface area contributed by atoms with Gasteiger partial charge in [-0.2, -0.15) is 13.2 Å². The SMILES string of the molecule is O=C(Cc1ccc(Br)s1)c1cc(F)ccc1C(F)(F)F. The van der Waals surface area contributed by atoms with Crippen molar-refractivity contribution in [1.82, 2.24) is 0 Å². The molecule has 1 nitrogen and oxygen atoms in total. The van der Waals surface area contributed by atoms with E-state index >= 15 is 0 Å². The lowest BCUT2D eigenvalue weighted by atomic mass is 10.0. The third-order valence-corrected chi connectivity index (χ3v) is 4.17. The average Bonchev–Trinajstić information content (AvgIpc) is 2.73. The lowest BCUT2D eigenvalue weighted by Gasteiger charge is -2.11. The van der Waals surface area contributed by atoms with Gasteiger partial charge in [0.2, 0.25) is 0 Å². The van der Waals surface area contributed by atoms with Gasteiger partial charge in [-0.05, 0) is 46.3 Å². The molecule has 106 valence electrons. The minimum atomic E-state index is -4.69. The van der Waals surface area contributed by atoms with Crippen LogP contribution >= 0.6 is 27.3 Å². The Kier molecular flexibility index (Phi) is 4.29. The highest BCUT2D eigenvalue weighted by Crippen LogP contribution is 2.33. The van der Waals surface area contributed by atoms with Gasteiger partial charge in [0.25, 0.3) is 0 Å². The van der Waals surface area contributed by atoms with Gasteiger partial charge in [0.1, 0.15) is 5.82 Å². The van der Waals surface area contributed by atoms with Gasteiger partial charge in [-0.25, -0.2) is 4.39 Å². The van der Waals surface area contributed by atoms with Crippen molar-refractivity contribution in [3.8, 4) is 0 Å². The van der Waals surface area contributed by atoms with Crippen LogP contribution in [0.3, 0.4) is 0 Å². The maximum Gasteiger partial charge on any atom is 0.417 e. The summed E-state index contributed by atoms with van der Waals surface area (Å²) in [5, 5.41) is 0. The third-order valence-electron chi connectivity index (χ3n) is 2.55. The monoisotopic (exact) mass is 366 g/mol. The Bertz CT molecular complexity index is 648. The van der Waals surface area contributed by atoms with Crippen molar-refractivity contribution < 1.29 is 22.4 Å². The molecular formula is C13H7BrF4OS. The fourth-order valence-corrected chi connectivity index (χ4v) is 3.18. The van der Waals surface area contributed by atoms with Gasteiger partial charge in [-0.1, -0.05) is 0 Å². The van der Waals surface area contributed by atoms with Crippen molar-refractivity contribution >= 4 is 33.0 Å². The number of carbonyl (C=O) groups is 1. The smallest absolute Gasteiger partial charge is 0.294 e. The van der Waals surface area contributed by atoms with Crippen molar-refractivity contribution in [1.29, 1.82) is 0 Å². The summed E-state index contributed by atoms with van der Waals surface area (Å²) in [4.78, 5) is 12.6. The minimum Gasteiger partial charge on any atom is -0.294 e. The van der Waals surface area contributed by atoms with Crippen LogP contribution < -0.4 is 0 Å². The van der Waals surface area contributed by atoms with Crippen LogP contribution in [-0.2, 0) is 12.6 Å². The minimum absolute atomic E-state index is 0.192.